The van der Waals surface area contributed by atoms with E-state index in [-0.39, 0.29) is 23.1 Å². The number of hydrogen-bond donors (Lipinski definition) is 2. The van der Waals surface area contributed by atoms with Gasteiger partial charge in [0, 0.05) is 18.6 Å². The van der Waals surface area contributed by atoms with Gasteiger partial charge in [-0.25, -0.2) is 13.2 Å². The number of urea groups is 1. The molecule has 126 valence electrons. The predicted octanol–water partition coefficient (Wildman–Crippen LogP) is 2.09. The largest absolute Gasteiger partial charge is 0.376 e. The van der Waals surface area contributed by atoms with Crippen molar-refractivity contribution in [1.29, 1.82) is 0 Å². The summed E-state index contributed by atoms with van der Waals surface area (Å²) in [5.74, 6) is 0.569. The molecule has 0 unspecified atom stereocenters. The second kappa shape index (κ2) is 6.13. The van der Waals surface area contributed by atoms with Crippen LogP contribution < -0.4 is 10.6 Å². The van der Waals surface area contributed by atoms with Crippen molar-refractivity contribution >= 4 is 21.6 Å². The molecule has 0 radical (unpaired) electrons. The average Bonchev–Trinajstić information content (AvgIpc) is 3.20. The van der Waals surface area contributed by atoms with E-state index in [2.05, 4.69) is 10.6 Å². The van der Waals surface area contributed by atoms with Gasteiger partial charge in [-0.15, -0.1) is 0 Å². The molecule has 0 spiro atoms. The van der Waals surface area contributed by atoms with Crippen LogP contribution in [0.5, 0.6) is 0 Å². The zero-order valence-corrected chi connectivity index (χ0v) is 14.2. The third-order valence-electron chi connectivity index (χ3n) is 4.38. The molecule has 3 rings (SSSR count). The Morgan fingerprint density at radius 2 is 2.00 bits per heavy atom. The molecule has 0 aromatic heterocycles. The van der Waals surface area contributed by atoms with Gasteiger partial charge in [0.2, 0.25) is 0 Å². The van der Waals surface area contributed by atoms with Crippen molar-refractivity contribution in [2.24, 2.45) is 5.92 Å². The lowest BCUT2D eigenvalue weighted by molar-refractivity contribution is 0.0829. The smallest absolute Gasteiger partial charge is 0.319 e. The van der Waals surface area contributed by atoms with Gasteiger partial charge in [0.1, 0.15) is 0 Å². The summed E-state index contributed by atoms with van der Waals surface area (Å²) in [6, 6.07) is 4.59. The topological polar surface area (TPSA) is 84.5 Å². The molecule has 2 amide bonds. The van der Waals surface area contributed by atoms with Crippen LogP contribution in [0.2, 0.25) is 0 Å². The summed E-state index contributed by atoms with van der Waals surface area (Å²) < 4.78 is 29.2. The number of rotatable bonds is 4. The van der Waals surface area contributed by atoms with Crippen molar-refractivity contribution in [1.82, 2.24) is 5.32 Å². The van der Waals surface area contributed by atoms with E-state index in [1.807, 2.05) is 0 Å². The van der Waals surface area contributed by atoms with Crippen LogP contribution >= 0.6 is 0 Å². The van der Waals surface area contributed by atoms with Gasteiger partial charge in [0.05, 0.1) is 17.0 Å². The summed E-state index contributed by atoms with van der Waals surface area (Å²) in [5, 5.41) is 5.67. The quantitative estimate of drug-likeness (QED) is 0.880. The van der Waals surface area contributed by atoms with Crippen molar-refractivity contribution in [3.63, 3.8) is 0 Å². The lowest BCUT2D eigenvalue weighted by Crippen LogP contribution is -2.43. The third-order valence-corrected chi connectivity index (χ3v) is 5.62. The zero-order valence-electron chi connectivity index (χ0n) is 13.3. The number of ether oxygens (including phenoxy) is 1. The van der Waals surface area contributed by atoms with Crippen LogP contribution in [0.3, 0.4) is 0 Å². The minimum atomic E-state index is -3.32. The molecule has 2 atom stereocenters. The molecule has 2 fully saturated rings. The van der Waals surface area contributed by atoms with E-state index in [0.717, 1.165) is 12.7 Å². The SMILES string of the molecule is Cc1ccc(NC(=O)N[C@H]2CCO[C@@H]2C2CC2)cc1S(C)(=O)=O. The first-order chi connectivity index (χ1) is 10.8. The van der Waals surface area contributed by atoms with Crippen LogP contribution in [0, 0.1) is 12.8 Å². The number of carbonyl (C=O) groups excluding carboxylic acids is 1. The Kier molecular flexibility index (Phi) is 4.33. The molecule has 1 saturated carbocycles. The van der Waals surface area contributed by atoms with E-state index in [9.17, 15) is 13.2 Å². The summed E-state index contributed by atoms with van der Waals surface area (Å²) >= 11 is 0. The van der Waals surface area contributed by atoms with Gasteiger partial charge in [0.25, 0.3) is 0 Å². The van der Waals surface area contributed by atoms with E-state index in [4.69, 9.17) is 4.74 Å². The van der Waals surface area contributed by atoms with Gasteiger partial charge in [-0.3, -0.25) is 0 Å². The molecule has 1 aliphatic heterocycles. The monoisotopic (exact) mass is 338 g/mol. The first-order valence-corrected chi connectivity index (χ1v) is 9.73. The Hall–Kier alpha value is -1.60. The summed E-state index contributed by atoms with van der Waals surface area (Å²) in [7, 11) is -3.32. The maximum atomic E-state index is 12.2. The molecule has 2 N–H and O–H groups in total. The molecule has 1 saturated heterocycles. The van der Waals surface area contributed by atoms with Crippen molar-refractivity contribution in [3.8, 4) is 0 Å². The summed E-state index contributed by atoms with van der Waals surface area (Å²) in [6.45, 7) is 2.41. The third kappa shape index (κ3) is 3.84. The Morgan fingerprint density at radius 1 is 1.26 bits per heavy atom. The summed E-state index contributed by atoms with van der Waals surface area (Å²) in [4.78, 5) is 12.4. The number of carbonyl (C=O) groups is 1. The second-order valence-corrected chi connectivity index (χ2v) is 8.40. The van der Waals surface area contributed by atoms with Crippen LogP contribution in [-0.4, -0.2) is 39.5 Å². The fourth-order valence-electron chi connectivity index (χ4n) is 3.07. The first-order valence-electron chi connectivity index (χ1n) is 7.84. The predicted molar refractivity (Wildman–Crippen MR) is 87.3 cm³/mol. The van der Waals surface area contributed by atoms with Crippen LogP contribution in [0.4, 0.5) is 10.5 Å². The van der Waals surface area contributed by atoms with E-state index < -0.39 is 9.84 Å². The van der Waals surface area contributed by atoms with Gasteiger partial charge in [0.15, 0.2) is 9.84 Å². The van der Waals surface area contributed by atoms with Crippen molar-refractivity contribution in [2.45, 2.75) is 43.2 Å². The highest BCUT2D eigenvalue weighted by Gasteiger charge is 2.41. The van der Waals surface area contributed by atoms with E-state index in [1.165, 1.54) is 18.9 Å². The van der Waals surface area contributed by atoms with Gasteiger partial charge in [-0.2, -0.15) is 0 Å². The fourth-order valence-corrected chi connectivity index (χ4v) is 4.06. The Morgan fingerprint density at radius 3 is 2.65 bits per heavy atom. The minimum absolute atomic E-state index is 0.0299. The Labute approximate surface area is 136 Å². The number of aryl methyl sites for hydroxylation is 1. The van der Waals surface area contributed by atoms with Crippen molar-refractivity contribution < 1.29 is 17.9 Å². The molecule has 2 aliphatic rings. The fraction of sp³-hybridized carbons (Fsp3) is 0.562. The lowest BCUT2D eigenvalue weighted by Gasteiger charge is -2.20. The maximum absolute atomic E-state index is 12.2. The number of nitrogens with one attached hydrogen (secondary N) is 2. The van der Waals surface area contributed by atoms with E-state index in [0.29, 0.717) is 23.8 Å². The summed E-state index contributed by atoms with van der Waals surface area (Å²) in [5.41, 5.74) is 1.13. The second-order valence-electron chi connectivity index (χ2n) is 6.42. The first kappa shape index (κ1) is 16.3. The molecular weight excluding hydrogens is 316 g/mol. The molecular formula is C16H22N2O4S. The zero-order chi connectivity index (χ0) is 16.6. The molecule has 6 nitrogen and oxygen atoms in total. The van der Waals surface area contributed by atoms with Gasteiger partial charge >= 0.3 is 6.03 Å². The van der Waals surface area contributed by atoms with Crippen LogP contribution in [0.25, 0.3) is 0 Å². The van der Waals surface area contributed by atoms with Crippen molar-refractivity contribution in [3.05, 3.63) is 23.8 Å². The number of hydrogen-bond acceptors (Lipinski definition) is 4. The average molecular weight is 338 g/mol. The van der Waals surface area contributed by atoms with Crippen LogP contribution in [0.1, 0.15) is 24.8 Å². The molecule has 7 heteroatoms. The highest BCUT2D eigenvalue weighted by atomic mass is 32.2. The lowest BCUT2D eigenvalue weighted by atomic mass is 10.1. The minimum Gasteiger partial charge on any atom is -0.376 e. The standard InChI is InChI=1S/C16H22N2O4S/c1-10-3-6-12(9-14(10)23(2,20)21)17-16(19)18-13-7-8-22-15(13)11-4-5-11/h3,6,9,11,13,15H,4-5,7-8H2,1-2H3,(H2,17,18,19)/t13-,15+/m0/s1. The number of anilines is 1. The number of amides is 2. The molecule has 0 bridgehead atoms. The molecule has 1 aromatic carbocycles. The van der Waals surface area contributed by atoms with Crippen LogP contribution in [0.15, 0.2) is 23.1 Å². The molecule has 1 heterocycles. The molecule has 1 aromatic rings. The van der Waals surface area contributed by atoms with Gasteiger partial charge in [-0.05, 0) is 49.8 Å². The van der Waals surface area contributed by atoms with Gasteiger partial charge < -0.3 is 15.4 Å². The molecule has 1 aliphatic carbocycles. The number of sulfone groups is 1. The van der Waals surface area contributed by atoms with E-state index >= 15 is 0 Å². The summed E-state index contributed by atoms with van der Waals surface area (Å²) in [6.07, 6.45) is 4.43. The van der Waals surface area contributed by atoms with Crippen LogP contribution in [-0.2, 0) is 14.6 Å². The number of benzene rings is 1. The van der Waals surface area contributed by atoms with E-state index in [1.54, 1.807) is 19.1 Å². The Balaban J connectivity index is 1.66. The normalized spacial score (nSPS) is 24.4. The highest BCUT2D eigenvalue weighted by molar-refractivity contribution is 7.90. The highest BCUT2D eigenvalue weighted by Crippen LogP contribution is 2.38. The maximum Gasteiger partial charge on any atom is 0.319 e. The molecule has 23 heavy (non-hydrogen) atoms. The Bertz CT molecular complexity index is 713. The van der Waals surface area contributed by atoms with Crippen molar-refractivity contribution in [2.75, 3.05) is 18.2 Å². The van der Waals surface area contributed by atoms with Gasteiger partial charge in [-0.1, -0.05) is 6.07 Å².